The number of anilines is 1. The number of alkyl halides is 3. The molecule has 30 heavy (non-hydrogen) atoms. The number of sulfonamides is 1. The van der Waals surface area contributed by atoms with Gasteiger partial charge in [-0.15, -0.1) is 0 Å². The Morgan fingerprint density at radius 3 is 2.17 bits per heavy atom. The number of nitrogens with zero attached hydrogens (tertiary/aromatic N) is 1. The largest absolute Gasteiger partial charge is 0.471 e. The second-order valence-corrected chi connectivity index (χ2v) is 9.29. The summed E-state index contributed by atoms with van der Waals surface area (Å²) in [5.74, 6) is -1.57. The summed E-state index contributed by atoms with van der Waals surface area (Å²) in [7, 11) is -3.80. The van der Waals surface area contributed by atoms with E-state index >= 15 is 0 Å². The minimum Gasteiger partial charge on any atom is -0.334 e. The minimum atomic E-state index is -4.90. The second-order valence-electron chi connectivity index (χ2n) is 7.60. The Labute approximate surface area is 173 Å². The standard InChI is InChI=1S/C21H23F3N2O3S/c1-14(2)15-4-7-19(8-5-15)30(28,29)25-18-6-3-16-9-11-26(12-10-17(16)13-18)20(27)21(22,23)24/h3-8,13-14,25H,9-12H2,1-2H3. The number of rotatable bonds is 4. The molecular weight excluding hydrogens is 417 g/mol. The molecule has 5 nitrogen and oxygen atoms in total. The average molecular weight is 440 g/mol. The van der Waals surface area contributed by atoms with Gasteiger partial charge in [0.1, 0.15) is 0 Å². The number of amides is 1. The van der Waals surface area contributed by atoms with Crippen molar-refractivity contribution in [2.75, 3.05) is 17.8 Å². The fourth-order valence-corrected chi connectivity index (χ4v) is 4.47. The number of carbonyl (C=O) groups is 1. The highest BCUT2D eigenvalue weighted by atomic mass is 32.2. The van der Waals surface area contributed by atoms with E-state index in [0.717, 1.165) is 21.6 Å². The molecule has 1 aliphatic rings. The molecule has 0 unspecified atom stereocenters. The molecule has 2 aromatic carbocycles. The van der Waals surface area contributed by atoms with Gasteiger partial charge < -0.3 is 4.90 Å². The van der Waals surface area contributed by atoms with Crippen LogP contribution in [0.3, 0.4) is 0 Å². The zero-order valence-corrected chi connectivity index (χ0v) is 17.5. The van der Waals surface area contributed by atoms with Crippen LogP contribution < -0.4 is 4.72 Å². The van der Waals surface area contributed by atoms with E-state index in [9.17, 15) is 26.4 Å². The molecule has 0 spiro atoms. The number of fused-ring (bicyclic) bond motifs is 1. The van der Waals surface area contributed by atoms with Crippen molar-refractivity contribution in [1.82, 2.24) is 4.90 Å². The lowest BCUT2D eigenvalue weighted by atomic mass is 10.0. The van der Waals surface area contributed by atoms with Crippen LogP contribution in [0.25, 0.3) is 0 Å². The van der Waals surface area contributed by atoms with Crippen LogP contribution in [0.15, 0.2) is 47.4 Å². The van der Waals surface area contributed by atoms with Gasteiger partial charge in [0.05, 0.1) is 4.90 Å². The summed E-state index contributed by atoms with van der Waals surface area (Å²) in [5, 5.41) is 0. The molecule has 1 heterocycles. The molecule has 0 fully saturated rings. The predicted octanol–water partition coefficient (Wildman–Crippen LogP) is 4.10. The average Bonchev–Trinajstić information content (AvgIpc) is 2.88. The third-order valence-electron chi connectivity index (χ3n) is 5.15. The van der Waals surface area contributed by atoms with Crippen LogP contribution in [0.4, 0.5) is 18.9 Å². The van der Waals surface area contributed by atoms with Gasteiger partial charge >= 0.3 is 12.1 Å². The molecule has 0 atom stereocenters. The fourth-order valence-electron chi connectivity index (χ4n) is 3.42. The number of carbonyl (C=O) groups excluding carboxylic acids is 1. The van der Waals surface area contributed by atoms with Crippen LogP contribution >= 0.6 is 0 Å². The number of benzene rings is 2. The van der Waals surface area contributed by atoms with E-state index in [0.29, 0.717) is 5.69 Å². The van der Waals surface area contributed by atoms with E-state index in [1.165, 1.54) is 0 Å². The first-order valence-corrected chi connectivity index (χ1v) is 11.1. The molecule has 0 saturated carbocycles. The third-order valence-corrected chi connectivity index (χ3v) is 6.54. The van der Waals surface area contributed by atoms with Crippen molar-refractivity contribution < 1.29 is 26.4 Å². The van der Waals surface area contributed by atoms with Crippen LogP contribution in [0.5, 0.6) is 0 Å². The van der Waals surface area contributed by atoms with Crippen molar-refractivity contribution in [2.45, 2.75) is 43.7 Å². The highest BCUT2D eigenvalue weighted by Crippen LogP contribution is 2.26. The van der Waals surface area contributed by atoms with Crippen molar-refractivity contribution in [2.24, 2.45) is 0 Å². The second kappa shape index (κ2) is 8.29. The molecule has 0 saturated heterocycles. The van der Waals surface area contributed by atoms with E-state index in [4.69, 9.17) is 0 Å². The van der Waals surface area contributed by atoms with Crippen molar-refractivity contribution in [3.05, 3.63) is 59.2 Å². The van der Waals surface area contributed by atoms with Gasteiger partial charge in [-0.1, -0.05) is 32.0 Å². The summed E-state index contributed by atoms with van der Waals surface area (Å²) in [5.41, 5.74) is 2.88. The maximum absolute atomic E-state index is 12.7. The number of halogens is 3. The number of hydrogen-bond acceptors (Lipinski definition) is 3. The summed E-state index contributed by atoms with van der Waals surface area (Å²) in [6.45, 7) is 3.93. The lowest BCUT2D eigenvalue weighted by molar-refractivity contribution is -0.185. The van der Waals surface area contributed by atoms with Crippen LogP contribution in [0.2, 0.25) is 0 Å². The summed E-state index contributed by atoms with van der Waals surface area (Å²) < 4.78 is 66.0. The maximum atomic E-state index is 12.7. The van der Waals surface area contributed by atoms with E-state index in [1.54, 1.807) is 42.5 Å². The zero-order valence-electron chi connectivity index (χ0n) is 16.7. The Morgan fingerprint density at radius 2 is 1.60 bits per heavy atom. The molecule has 1 amide bonds. The zero-order chi connectivity index (χ0) is 22.1. The Hall–Kier alpha value is -2.55. The maximum Gasteiger partial charge on any atom is 0.471 e. The van der Waals surface area contributed by atoms with E-state index in [2.05, 4.69) is 4.72 Å². The van der Waals surface area contributed by atoms with Gasteiger partial charge in [0, 0.05) is 18.8 Å². The van der Waals surface area contributed by atoms with Crippen molar-refractivity contribution in [3.8, 4) is 0 Å². The van der Waals surface area contributed by atoms with Gasteiger partial charge in [0.2, 0.25) is 0 Å². The summed E-state index contributed by atoms with van der Waals surface area (Å²) >= 11 is 0. The Kier molecular flexibility index (Phi) is 6.12. The summed E-state index contributed by atoms with van der Waals surface area (Å²) in [6.07, 6.45) is -4.40. The lowest BCUT2D eigenvalue weighted by Gasteiger charge is -2.21. The third kappa shape index (κ3) is 4.95. The van der Waals surface area contributed by atoms with E-state index in [1.807, 2.05) is 13.8 Å². The summed E-state index contributed by atoms with van der Waals surface area (Å²) in [6, 6.07) is 11.5. The van der Waals surface area contributed by atoms with Gasteiger partial charge in [0.15, 0.2) is 0 Å². The Balaban J connectivity index is 1.76. The van der Waals surface area contributed by atoms with Gasteiger partial charge in [0.25, 0.3) is 10.0 Å². The molecular formula is C21H23F3N2O3S. The van der Waals surface area contributed by atoms with Crippen molar-refractivity contribution >= 4 is 21.6 Å². The van der Waals surface area contributed by atoms with Gasteiger partial charge in [-0.3, -0.25) is 9.52 Å². The molecule has 1 N–H and O–H groups in total. The van der Waals surface area contributed by atoms with Crippen LogP contribution in [-0.2, 0) is 27.7 Å². The van der Waals surface area contributed by atoms with Crippen molar-refractivity contribution in [3.63, 3.8) is 0 Å². The smallest absolute Gasteiger partial charge is 0.334 e. The molecule has 0 aromatic heterocycles. The Bertz CT molecular complexity index is 1030. The first-order valence-electron chi connectivity index (χ1n) is 9.58. The predicted molar refractivity (Wildman–Crippen MR) is 108 cm³/mol. The highest BCUT2D eigenvalue weighted by Gasteiger charge is 2.42. The molecule has 1 aliphatic heterocycles. The quantitative estimate of drug-likeness (QED) is 0.779. The van der Waals surface area contributed by atoms with E-state index < -0.39 is 22.1 Å². The molecule has 2 aromatic rings. The first kappa shape index (κ1) is 22.1. The van der Waals surface area contributed by atoms with Crippen LogP contribution in [0, 0.1) is 0 Å². The topological polar surface area (TPSA) is 66.5 Å². The molecule has 3 rings (SSSR count). The molecule has 0 radical (unpaired) electrons. The lowest BCUT2D eigenvalue weighted by Crippen LogP contribution is -2.42. The molecule has 9 heteroatoms. The molecule has 0 aliphatic carbocycles. The SMILES string of the molecule is CC(C)c1ccc(S(=O)(=O)Nc2ccc3c(c2)CCN(C(=O)C(F)(F)F)CC3)cc1. The van der Waals surface area contributed by atoms with E-state index in [-0.39, 0.29) is 36.7 Å². The monoisotopic (exact) mass is 440 g/mol. The number of hydrogen-bond donors (Lipinski definition) is 1. The minimum absolute atomic E-state index is 0.0291. The molecule has 0 bridgehead atoms. The normalized spacial score (nSPS) is 14.9. The van der Waals surface area contributed by atoms with Gasteiger partial charge in [-0.25, -0.2) is 8.42 Å². The Morgan fingerprint density at radius 1 is 1.00 bits per heavy atom. The van der Waals surface area contributed by atoms with Crippen molar-refractivity contribution in [1.29, 1.82) is 0 Å². The summed E-state index contributed by atoms with van der Waals surface area (Å²) in [4.78, 5) is 12.4. The van der Waals surface area contributed by atoms with Crippen LogP contribution in [-0.4, -0.2) is 38.5 Å². The van der Waals surface area contributed by atoms with Gasteiger partial charge in [-0.05, 0) is 59.7 Å². The van der Waals surface area contributed by atoms with Crippen LogP contribution in [0.1, 0.15) is 36.5 Å². The molecule has 162 valence electrons. The number of nitrogens with one attached hydrogen (secondary N) is 1. The first-order chi connectivity index (χ1) is 14.0. The fraction of sp³-hybridized carbons (Fsp3) is 0.381. The highest BCUT2D eigenvalue weighted by molar-refractivity contribution is 7.92. The van der Waals surface area contributed by atoms with Gasteiger partial charge in [-0.2, -0.15) is 13.2 Å².